The number of methoxy groups -OCH3 is 1. The topological polar surface area (TPSA) is 89.0 Å². The first kappa shape index (κ1) is 24.8. The standard InChI is InChI=1S/C26H22IN3O4S/c1-16-8-10-19(11-9-16)29-26-30-25(32)22(35-26)14-17-12-20(27)24(21(13-17)33-2)34-15-23(31)28-18-6-4-3-5-7-18/h3-14H,15H2,1-2H3,(H,28,31)(H,29,30,32)/b22-14-. The van der Waals surface area contributed by atoms with Crippen molar-refractivity contribution in [1.82, 2.24) is 5.32 Å². The number of benzene rings is 3. The monoisotopic (exact) mass is 599 g/mol. The first-order valence-electron chi connectivity index (χ1n) is 10.6. The molecule has 1 aliphatic heterocycles. The van der Waals surface area contributed by atoms with Crippen molar-refractivity contribution in [2.75, 3.05) is 19.0 Å². The Morgan fingerprint density at radius 2 is 1.89 bits per heavy atom. The Bertz CT molecular complexity index is 1310. The lowest BCUT2D eigenvalue weighted by atomic mass is 10.2. The molecule has 0 spiro atoms. The molecule has 1 aliphatic rings. The molecule has 0 saturated carbocycles. The van der Waals surface area contributed by atoms with Gasteiger partial charge in [-0.1, -0.05) is 35.9 Å². The average Bonchev–Trinajstić information content (AvgIpc) is 3.18. The Morgan fingerprint density at radius 1 is 1.14 bits per heavy atom. The van der Waals surface area contributed by atoms with Crippen LogP contribution in [-0.2, 0) is 9.59 Å². The van der Waals surface area contributed by atoms with Crippen LogP contribution in [-0.4, -0.2) is 30.7 Å². The number of hydrogen-bond acceptors (Lipinski definition) is 6. The molecule has 1 saturated heterocycles. The van der Waals surface area contributed by atoms with Gasteiger partial charge in [0, 0.05) is 5.69 Å². The SMILES string of the molecule is COc1cc(/C=C2\SC(=Nc3ccc(C)cc3)NC2=O)cc(I)c1OCC(=O)Nc1ccccc1. The molecule has 0 atom stereocenters. The molecule has 35 heavy (non-hydrogen) atoms. The minimum absolute atomic E-state index is 0.168. The number of para-hydroxylation sites is 1. The highest BCUT2D eigenvalue weighted by Gasteiger charge is 2.24. The zero-order valence-electron chi connectivity index (χ0n) is 19.0. The van der Waals surface area contributed by atoms with E-state index in [1.807, 2.05) is 55.5 Å². The Hall–Kier alpha value is -3.31. The number of thioether (sulfide) groups is 1. The molecule has 4 rings (SSSR count). The molecule has 0 aliphatic carbocycles. The smallest absolute Gasteiger partial charge is 0.264 e. The first-order valence-corrected chi connectivity index (χ1v) is 12.5. The van der Waals surface area contributed by atoms with Gasteiger partial charge in [0.1, 0.15) is 0 Å². The summed E-state index contributed by atoms with van der Waals surface area (Å²) in [7, 11) is 1.53. The van der Waals surface area contributed by atoms with Crippen LogP contribution in [0, 0.1) is 10.5 Å². The van der Waals surface area contributed by atoms with Crippen LogP contribution >= 0.6 is 34.4 Å². The van der Waals surface area contributed by atoms with Crippen LogP contribution in [0.2, 0.25) is 0 Å². The van der Waals surface area contributed by atoms with Crippen molar-refractivity contribution in [2.45, 2.75) is 6.92 Å². The van der Waals surface area contributed by atoms with Gasteiger partial charge >= 0.3 is 0 Å². The summed E-state index contributed by atoms with van der Waals surface area (Å²) in [6, 6.07) is 20.6. The summed E-state index contributed by atoms with van der Waals surface area (Å²) < 4.78 is 12.0. The first-order chi connectivity index (χ1) is 16.9. The molecule has 0 unspecified atom stereocenters. The molecule has 0 aromatic heterocycles. The lowest BCUT2D eigenvalue weighted by Gasteiger charge is -2.14. The highest BCUT2D eigenvalue weighted by atomic mass is 127. The summed E-state index contributed by atoms with van der Waals surface area (Å²) in [6.45, 7) is 1.84. The Labute approximate surface area is 221 Å². The predicted molar refractivity (Wildman–Crippen MR) is 148 cm³/mol. The van der Waals surface area contributed by atoms with Crippen molar-refractivity contribution < 1.29 is 19.1 Å². The normalized spacial score (nSPS) is 15.2. The summed E-state index contributed by atoms with van der Waals surface area (Å²) in [5, 5.41) is 6.10. The summed E-state index contributed by atoms with van der Waals surface area (Å²) in [6.07, 6.45) is 1.77. The number of halogens is 1. The third-order valence-electron chi connectivity index (χ3n) is 4.87. The number of ether oxygens (including phenoxy) is 2. The van der Waals surface area contributed by atoms with E-state index in [9.17, 15) is 9.59 Å². The molecule has 2 amide bonds. The number of carbonyl (C=O) groups excluding carboxylic acids is 2. The van der Waals surface area contributed by atoms with E-state index >= 15 is 0 Å². The summed E-state index contributed by atoms with van der Waals surface area (Å²) in [5.74, 6) is 0.434. The third-order valence-corrected chi connectivity index (χ3v) is 6.58. The Morgan fingerprint density at radius 3 is 2.60 bits per heavy atom. The maximum atomic E-state index is 12.5. The van der Waals surface area contributed by atoms with Crippen molar-refractivity contribution in [1.29, 1.82) is 0 Å². The van der Waals surface area contributed by atoms with Gasteiger partial charge in [-0.2, -0.15) is 0 Å². The Kier molecular flexibility index (Phi) is 8.09. The fourth-order valence-electron chi connectivity index (χ4n) is 3.19. The summed E-state index contributed by atoms with van der Waals surface area (Å²) in [5.41, 5.74) is 3.38. The van der Waals surface area contributed by atoms with Gasteiger partial charge < -0.3 is 20.1 Å². The highest BCUT2D eigenvalue weighted by molar-refractivity contribution is 14.1. The van der Waals surface area contributed by atoms with Gasteiger partial charge in [-0.25, -0.2) is 4.99 Å². The van der Waals surface area contributed by atoms with Gasteiger partial charge in [0.15, 0.2) is 23.3 Å². The zero-order chi connectivity index (χ0) is 24.8. The van der Waals surface area contributed by atoms with Crippen LogP contribution in [0.25, 0.3) is 6.08 Å². The van der Waals surface area contributed by atoms with E-state index in [0.29, 0.717) is 27.3 Å². The predicted octanol–water partition coefficient (Wildman–Crippen LogP) is 5.52. The van der Waals surface area contributed by atoms with Gasteiger partial charge in [-0.3, -0.25) is 9.59 Å². The summed E-state index contributed by atoms with van der Waals surface area (Å²) >= 11 is 3.40. The number of hydrogen-bond donors (Lipinski definition) is 2. The van der Waals surface area contributed by atoms with Gasteiger partial charge in [-0.15, -0.1) is 0 Å². The third kappa shape index (κ3) is 6.64. The van der Waals surface area contributed by atoms with E-state index in [1.165, 1.54) is 18.9 Å². The van der Waals surface area contributed by atoms with Gasteiger partial charge in [0.05, 0.1) is 21.3 Å². The van der Waals surface area contributed by atoms with Crippen molar-refractivity contribution >= 4 is 68.8 Å². The van der Waals surface area contributed by atoms with Gasteiger partial charge in [0.2, 0.25) is 0 Å². The second-order valence-electron chi connectivity index (χ2n) is 7.55. The molecule has 178 valence electrons. The number of amides is 2. The van der Waals surface area contributed by atoms with Crippen LogP contribution in [0.1, 0.15) is 11.1 Å². The lowest BCUT2D eigenvalue weighted by Crippen LogP contribution is -2.20. The fourth-order valence-corrected chi connectivity index (χ4v) is 4.81. The van der Waals surface area contributed by atoms with E-state index in [1.54, 1.807) is 24.3 Å². The van der Waals surface area contributed by atoms with Crippen LogP contribution in [0.5, 0.6) is 11.5 Å². The number of anilines is 1. The zero-order valence-corrected chi connectivity index (χ0v) is 22.0. The Balaban J connectivity index is 1.47. The van der Waals surface area contributed by atoms with Crippen molar-refractivity contribution in [3.63, 3.8) is 0 Å². The minimum atomic E-state index is -0.278. The van der Waals surface area contributed by atoms with E-state index in [2.05, 4.69) is 38.2 Å². The maximum Gasteiger partial charge on any atom is 0.264 e. The molecule has 3 aromatic carbocycles. The van der Waals surface area contributed by atoms with Crippen molar-refractivity contribution in [2.24, 2.45) is 4.99 Å². The van der Waals surface area contributed by atoms with E-state index in [4.69, 9.17) is 9.47 Å². The fraction of sp³-hybridized carbons (Fsp3) is 0.115. The lowest BCUT2D eigenvalue weighted by molar-refractivity contribution is -0.118. The average molecular weight is 599 g/mol. The van der Waals surface area contributed by atoms with Crippen LogP contribution in [0.15, 0.2) is 76.6 Å². The van der Waals surface area contributed by atoms with Gasteiger partial charge in [-0.05, 0) is 89.3 Å². The quantitative estimate of drug-likeness (QED) is 0.276. The summed E-state index contributed by atoms with van der Waals surface area (Å²) in [4.78, 5) is 29.8. The minimum Gasteiger partial charge on any atom is -0.493 e. The number of rotatable bonds is 7. The second-order valence-corrected chi connectivity index (χ2v) is 9.75. The molecule has 3 aromatic rings. The number of aryl methyl sites for hydroxylation is 1. The van der Waals surface area contributed by atoms with E-state index in [0.717, 1.165) is 20.4 Å². The molecule has 1 heterocycles. The molecule has 9 heteroatoms. The molecule has 7 nitrogen and oxygen atoms in total. The van der Waals surface area contributed by atoms with E-state index in [-0.39, 0.29) is 18.4 Å². The molecular formula is C26H22IN3O4S. The molecule has 2 N–H and O–H groups in total. The number of carbonyl (C=O) groups is 2. The molecule has 0 bridgehead atoms. The number of aliphatic imine (C=N–C) groups is 1. The number of nitrogens with one attached hydrogen (secondary N) is 2. The van der Waals surface area contributed by atoms with Crippen LogP contribution < -0.4 is 20.1 Å². The number of amidine groups is 1. The largest absolute Gasteiger partial charge is 0.493 e. The molecule has 0 radical (unpaired) electrons. The second kappa shape index (κ2) is 11.4. The van der Waals surface area contributed by atoms with Gasteiger partial charge in [0.25, 0.3) is 11.8 Å². The number of nitrogens with zero attached hydrogens (tertiary/aromatic N) is 1. The van der Waals surface area contributed by atoms with E-state index < -0.39 is 0 Å². The highest BCUT2D eigenvalue weighted by Crippen LogP contribution is 2.36. The molecular weight excluding hydrogens is 577 g/mol. The van der Waals surface area contributed by atoms with Crippen LogP contribution in [0.4, 0.5) is 11.4 Å². The van der Waals surface area contributed by atoms with Crippen molar-refractivity contribution in [3.8, 4) is 11.5 Å². The van der Waals surface area contributed by atoms with Crippen LogP contribution in [0.3, 0.4) is 0 Å². The molecule has 1 fully saturated rings. The van der Waals surface area contributed by atoms with Crippen molar-refractivity contribution in [3.05, 3.63) is 86.3 Å². The maximum absolute atomic E-state index is 12.5.